The van der Waals surface area contributed by atoms with E-state index in [9.17, 15) is 0 Å². The Bertz CT molecular complexity index is 321. The average molecular weight is 231 g/mol. The Kier molecular flexibility index (Phi) is 4.12. The average Bonchev–Trinajstić information content (AvgIpc) is 2.84. The van der Waals surface area contributed by atoms with Gasteiger partial charge in [0.05, 0.1) is 0 Å². The van der Waals surface area contributed by atoms with E-state index in [1.165, 1.54) is 25.7 Å². The second-order valence-electron chi connectivity index (χ2n) is 5.61. The maximum atomic E-state index is 2.39. The molecule has 0 heterocycles. The number of allylic oxidation sites excluding steroid dienone is 4. The summed E-state index contributed by atoms with van der Waals surface area (Å²) in [4.78, 5) is 0. The van der Waals surface area contributed by atoms with Crippen LogP contribution in [0.25, 0.3) is 0 Å². The van der Waals surface area contributed by atoms with Gasteiger partial charge < -0.3 is 0 Å². The van der Waals surface area contributed by atoms with E-state index >= 15 is 0 Å². The largest absolute Gasteiger partial charge is 0.0761 e. The van der Waals surface area contributed by atoms with Crippen LogP contribution in [0.2, 0.25) is 0 Å². The SMILES string of the molecule is CCC1C2=C(C=C[CH]2)C(CC)C(CC)C1CC. The minimum absolute atomic E-state index is 0.817. The van der Waals surface area contributed by atoms with Crippen molar-refractivity contribution in [2.45, 2.75) is 53.4 Å². The summed E-state index contributed by atoms with van der Waals surface area (Å²) >= 11 is 0. The van der Waals surface area contributed by atoms with Gasteiger partial charge >= 0.3 is 0 Å². The van der Waals surface area contributed by atoms with E-state index in [1.54, 1.807) is 11.1 Å². The molecular formula is C17H27. The van der Waals surface area contributed by atoms with Crippen molar-refractivity contribution in [1.29, 1.82) is 0 Å². The van der Waals surface area contributed by atoms with Gasteiger partial charge in [0.2, 0.25) is 0 Å². The zero-order valence-corrected chi connectivity index (χ0v) is 11.9. The highest BCUT2D eigenvalue weighted by atomic mass is 14.4. The molecular weight excluding hydrogens is 204 g/mol. The predicted molar refractivity (Wildman–Crippen MR) is 75.6 cm³/mol. The van der Waals surface area contributed by atoms with Gasteiger partial charge in [-0.1, -0.05) is 58.3 Å². The molecule has 0 aliphatic heterocycles. The molecule has 4 atom stereocenters. The molecule has 1 radical (unpaired) electrons. The molecule has 0 saturated heterocycles. The smallest absolute Gasteiger partial charge is 0.00895 e. The molecule has 17 heavy (non-hydrogen) atoms. The Morgan fingerprint density at radius 1 is 0.765 bits per heavy atom. The minimum atomic E-state index is 0.817. The first-order valence-electron chi connectivity index (χ1n) is 7.53. The van der Waals surface area contributed by atoms with Crippen LogP contribution in [0.1, 0.15) is 53.4 Å². The van der Waals surface area contributed by atoms with Gasteiger partial charge in [-0.15, -0.1) is 0 Å². The molecule has 0 heteroatoms. The normalized spacial score (nSPS) is 36.5. The third-order valence-electron chi connectivity index (χ3n) is 5.09. The molecule has 0 spiro atoms. The van der Waals surface area contributed by atoms with Crippen molar-refractivity contribution in [1.82, 2.24) is 0 Å². The summed E-state index contributed by atoms with van der Waals surface area (Å²) in [7, 11) is 0. The molecule has 95 valence electrons. The van der Waals surface area contributed by atoms with Gasteiger partial charge in [-0.25, -0.2) is 0 Å². The van der Waals surface area contributed by atoms with E-state index in [0.717, 1.165) is 23.7 Å². The summed E-state index contributed by atoms with van der Waals surface area (Å²) in [6, 6.07) is 0. The Morgan fingerprint density at radius 3 is 1.76 bits per heavy atom. The molecule has 0 N–H and O–H groups in total. The van der Waals surface area contributed by atoms with Crippen molar-refractivity contribution < 1.29 is 0 Å². The molecule has 0 fully saturated rings. The van der Waals surface area contributed by atoms with Crippen molar-refractivity contribution in [3.05, 3.63) is 29.7 Å². The lowest BCUT2D eigenvalue weighted by Gasteiger charge is -2.43. The Hall–Kier alpha value is -0.520. The van der Waals surface area contributed by atoms with Crippen LogP contribution in [-0.4, -0.2) is 0 Å². The fraction of sp³-hybridized carbons (Fsp3) is 0.706. The van der Waals surface area contributed by atoms with Gasteiger partial charge in [0, 0.05) is 6.42 Å². The molecule has 0 aromatic heterocycles. The number of hydrogen-bond acceptors (Lipinski definition) is 0. The summed E-state index contributed by atoms with van der Waals surface area (Å²) in [5.41, 5.74) is 3.35. The topological polar surface area (TPSA) is 0 Å². The van der Waals surface area contributed by atoms with Crippen molar-refractivity contribution >= 4 is 0 Å². The van der Waals surface area contributed by atoms with Crippen molar-refractivity contribution in [2.24, 2.45) is 23.7 Å². The second-order valence-corrected chi connectivity index (χ2v) is 5.61. The first-order valence-corrected chi connectivity index (χ1v) is 7.53. The van der Waals surface area contributed by atoms with Crippen LogP contribution in [0.3, 0.4) is 0 Å². The van der Waals surface area contributed by atoms with E-state index < -0.39 is 0 Å². The molecule has 2 rings (SSSR count). The van der Waals surface area contributed by atoms with Crippen molar-refractivity contribution in [2.75, 3.05) is 0 Å². The van der Waals surface area contributed by atoms with Gasteiger partial charge in [0.25, 0.3) is 0 Å². The first-order chi connectivity index (χ1) is 8.28. The molecule has 2 aliphatic rings. The van der Waals surface area contributed by atoms with Gasteiger partial charge in [-0.2, -0.15) is 0 Å². The standard InChI is InChI=1S/C17H27/c1-5-12-13(6-2)15(8-4)17-11-9-10-16(17)14(12)7-3/h9-15H,5-8H2,1-4H3. The van der Waals surface area contributed by atoms with E-state index in [2.05, 4.69) is 46.3 Å². The zero-order valence-electron chi connectivity index (χ0n) is 11.9. The minimum Gasteiger partial charge on any atom is -0.0761 e. The highest BCUT2D eigenvalue weighted by molar-refractivity contribution is 5.47. The van der Waals surface area contributed by atoms with Crippen LogP contribution in [0.4, 0.5) is 0 Å². The predicted octanol–water partition coefficient (Wildman–Crippen LogP) is 5.18. The van der Waals surface area contributed by atoms with Crippen LogP contribution in [0.15, 0.2) is 23.3 Å². The molecule has 0 bridgehead atoms. The molecule has 0 aromatic rings. The maximum absolute atomic E-state index is 2.39. The third kappa shape index (κ3) is 2.00. The van der Waals surface area contributed by atoms with Gasteiger partial charge in [0.1, 0.15) is 0 Å². The molecule has 2 aliphatic carbocycles. The number of rotatable bonds is 4. The Labute approximate surface area is 107 Å². The Balaban J connectivity index is 2.39. The van der Waals surface area contributed by atoms with Crippen molar-refractivity contribution in [3.63, 3.8) is 0 Å². The zero-order chi connectivity index (χ0) is 12.4. The van der Waals surface area contributed by atoms with Crippen LogP contribution >= 0.6 is 0 Å². The molecule has 4 unspecified atom stereocenters. The van der Waals surface area contributed by atoms with Crippen LogP contribution in [-0.2, 0) is 0 Å². The van der Waals surface area contributed by atoms with Crippen molar-refractivity contribution in [3.8, 4) is 0 Å². The molecule has 0 nitrogen and oxygen atoms in total. The number of hydrogen-bond donors (Lipinski definition) is 0. The summed E-state index contributed by atoms with van der Waals surface area (Å²) < 4.78 is 0. The lowest BCUT2D eigenvalue weighted by molar-refractivity contribution is 0.159. The van der Waals surface area contributed by atoms with E-state index in [4.69, 9.17) is 0 Å². The lowest BCUT2D eigenvalue weighted by Crippen LogP contribution is -2.35. The van der Waals surface area contributed by atoms with E-state index in [-0.39, 0.29) is 0 Å². The highest BCUT2D eigenvalue weighted by Gasteiger charge is 2.40. The summed E-state index contributed by atoms with van der Waals surface area (Å²) in [6.45, 7) is 9.50. The van der Waals surface area contributed by atoms with Crippen LogP contribution in [0.5, 0.6) is 0 Å². The highest BCUT2D eigenvalue weighted by Crippen LogP contribution is 2.50. The first kappa shape index (κ1) is 12.9. The fourth-order valence-corrected chi connectivity index (χ4v) is 4.40. The summed E-state index contributed by atoms with van der Waals surface area (Å²) in [6.07, 6.45) is 12.4. The van der Waals surface area contributed by atoms with E-state index in [1.807, 2.05) is 0 Å². The molecule has 0 aromatic carbocycles. The Morgan fingerprint density at radius 2 is 1.29 bits per heavy atom. The molecule has 0 saturated carbocycles. The van der Waals surface area contributed by atoms with Crippen LogP contribution in [0, 0.1) is 30.1 Å². The summed E-state index contributed by atoms with van der Waals surface area (Å²) in [5.74, 6) is 3.45. The summed E-state index contributed by atoms with van der Waals surface area (Å²) in [5, 5.41) is 0. The van der Waals surface area contributed by atoms with Crippen LogP contribution < -0.4 is 0 Å². The fourth-order valence-electron chi connectivity index (χ4n) is 4.40. The van der Waals surface area contributed by atoms with Gasteiger partial charge in [0.15, 0.2) is 0 Å². The second kappa shape index (κ2) is 5.42. The lowest BCUT2D eigenvalue weighted by atomic mass is 9.61. The van der Waals surface area contributed by atoms with Gasteiger partial charge in [-0.3, -0.25) is 0 Å². The third-order valence-corrected chi connectivity index (χ3v) is 5.09. The molecule has 0 amide bonds. The monoisotopic (exact) mass is 231 g/mol. The quantitative estimate of drug-likeness (QED) is 0.625. The van der Waals surface area contributed by atoms with E-state index in [0.29, 0.717) is 0 Å². The maximum Gasteiger partial charge on any atom is 0.00895 e. The van der Waals surface area contributed by atoms with Gasteiger partial charge in [-0.05, 0) is 42.1 Å².